The zero-order valence-electron chi connectivity index (χ0n) is 17.0. The van der Waals surface area contributed by atoms with E-state index in [4.69, 9.17) is 9.47 Å². The average molecular weight is 452 g/mol. The molecule has 1 aliphatic rings. The van der Waals surface area contributed by atoms with Crippen LogP contribution in [0.1, 0.15) is 11.1 Å². The first-order valence-electron chi connectivity index (χ1n) is 9.07. The third-order valence-electron chi connectivity index (χ3n) is 4.38. The molecule has 10 nitrogen and oxygen atoms in total. The van der Waals surface area contributed by atoms with Crippen LogP contribution in [0.2, 0.25) is 0 Å². The van der Waals surface area contributed by atoms with Gasteiger partial charge in [0.1, 0.15) is 11.5 Å². The molecule has 2 aromatic rings. The molecule has 12 heteroatoms. The molecule has 0 fully saturated rings. The Labute approximate surface area is 178 Å². The highest BCUT2D eigenvalue weighted by Crippen LogP contribution is 2.31. The van der Waals surface area contributed by atoms with Gasteiger partial charge in [-0.05, 0) is 18.2 Å². The van der Waals surface area contributed by atoms with Crippen molar-refractivity contribution in [1.82, 2.24) is 14.5 Å². The summed E-state index contributed by atoms with van der Waals surface area (Å²) in [6.45, 7) is -0.0153. The van der Waals surface area contributed by atoms with Gasteiger partial charge in [-0.2, -0.15) is 8.42 Å². The van der Waals surface area contributed by atoms with Crippen LogP contribution in [-0.4, -0.2) is 51.5 Å². The van der Waals surface area contributed by atoms with E-state index in [0.717, 1.165) is 0 Å². The highest BCUT2D eigenvalue weighted by atomic mass is 32.2. The van der Waals surface area contributed by atoms with Gasteiger partial charge in [0.2, 0.25) is 0 Å². The Bertz CT molecular complexity index is 1120. The molecule has 3 rings (SSSR count). The maximum absolute atomic E-state index is 14.8. The number of nitrogens with one attached hydrogen (secondary N) is 2. The fraction of sp³-hybridized carbons (Fsp3) is 0.263. The largest absolute Gasteiger partial charge is 0.415 e. The van der Waals surface area contributed by atoms with Crippen molar-refractivity contribution in [3.8, 4) is 11.5 Å². The van der Waals surface area contributed by atoms with Crippen molar-refractivity contribution in [2.75, 3.05) is 25.9 Å². The quantitative estimate of drug-likeness (QED) is 0.695. The Kier molecular flexibility index (Phi) is 6.32. The van der Waals surface area contributed by atoms with E-state index in [1.807, 2.05) is 4.72 Å². The topological polar surface area (TPSA) is 117 Å². The molecular weight excluding hydrogens is 431 g/mol. The minimum absolute atomic E-state index is 0.105. The predicted octanol–water partition coefficient (Wildman–Crippen LogP) is 2.28. The van der Waals surface area contributed by atoms with E-state index < -0.39 is 28.2 Å². The monoisotopic (exact) mass is 452 g/mol. The maximum atomic E-state index is 14.8. The number of fused-ring (bicyclic) bond motifs is 1. The van der Waals surface area contributed by atoms with Gasteiger partial charge in [0, 0.05) is 38.3 Å². The molecule has 0 spiro atoms. The molecule has 0 bridgehead atoms. The molecule has 0 saturated carbocycles. The highest BCUT2D eigenvalue weighted by Gasteiger charge is 2.27. The summed E-state index contributed by atoms with van der Waals surface area (Å²) < 4.78 is 52.6. The SMILES string of the molecule is CNS(=O)(=O)Nc1cccc(CN2Cc3ccc(OC(=O)N(C)C)cc3OC2=O)c1F. The van der Waals surface area contributed by atoms with Crippen LogP contribution in [0.3, 0.4) is 0 Å². The molecular formula is C19H21FN4O6S. The lowest BCUT2D eigenvalue weighted by Gasteiger charge is -2.28. The molecule has 2 N–H and O–H groups in total. The van der Waals surface area contributed by atoms with E-state index >= 15 is 0 Å². The molecule has 1 heterocycles. The van der Waals surface area contributed by atoms with Gasteiger partial charge in [-0.15, -0.1) is 0 Å². The molecule has 0 aromatic heterocycles. The minimum atomic E-state index is -3.90. The molecule has 0 aliphatic carbocycles. The summed E-state index contributed by atoms with van der Waals surface area (Å²) in [6.07, 6.45) is -1.29. The van der Waals surface area contributed by atoms with Gasteiger partial charge in [0.25, 0.3) is 10.2 Å². The van der Waals surface area contributed by atoms with Gasteiger partial charge in [-0.1, -0.05) is 12.1 Å². The molecule has 2 amide bonds. The summed E-state index contributed by atoms with van der Waals surface area (Å²) in [4.78, 5) is 26.6. The number of carbonyl (C=O) groups excluding carboxylic acids is 2. The van der Waals surface area contributed by atoms with Crippen LogP contribution in [0.15, 0.2) is 36.4 Å². The van der Waals surface area contributed by atoms with Crippen molar-refractivity contribution in [3.63, 3.8) is 0 Å². The van der Waals surface area contributed by atoms with Crippen molar-refractivity contribution in [2.24, 2.45) is 0 Å². The Morgan fingerprint density at radius 2 is 2.03 bits per heavy atom. The standard InChI is InChI=1S/C19H21FN4O6S/c1-21-31(27,28)22-15-6-4-5-13(17(15)20)11-24-10-12-7-8-14(29-18(25)23(2)3)9-16(12)30-19(24)26/h4-9,21-22H,10-11H2,1-3H3. The zero-order valence-corrected chi connectivity index (χ0v) is 17.8. The molecule has 0 radical (unpaired) electrons. The second kappa shape index (κ2) is 8.78. The molecule has 2 aromatic carbocycles. The number of hydrogen-bond acceptors (Lipinski definition) is 6. The van der Waals surface area contributed by atoms with Crippen molar-refractivity contribution in [2.45, 2.75) is 13.1 Å². The molecule has 31 heavy (non-hydrogen) atoms. The van der Waals surface area contributed by atoms with Gasteiger partial charge in [0.15, 0.2) is 5.82 Å². The highest BCUT2D eigenvalue weighted by molar-refractivity contribution is 7.90. The lowest BCUT2D eigenvalue weighted by Crippen LogP contribution is -2.36. The number of hydrogen-bond donors (Lipinski definition) is 2. The lowest BCUT2D eigenvalue weighted by molar-refractivity contribution is 0.134. The van der Waals surface area contributed by atoms with Crippen LogP contribution in [0, 0.1) is 5.82 Å². The van der Waals surface area contributed by atoms with Gasteiger partial charge in [-0.25, -0.2) is 18.7 Å². The maximum Gasteiger partial charge on any atom is 0.415 e. The zero-order chi connectivity index (χ0) is 22.8. The van der Waals surface area contributed by atoms with E-state index in [9.17, 15) is 22.4 Å². The van der Waals surface area contributed by atoms with Gasteiger partial charge >= 0.3 is 12.2 Å². The van der Waals surface area contributed by atoms with E-state index in [0.29, 0.717) is 5.56 Å². The first-order chi connectivity index (χ1) is 14.6. The number of nitrogens with zero attached hydrogens (tertiary/aromatic N) is 2. The second-order valence-electron chi connectivity index (χ2n) is 6.84. The second-order valence-corrected chi connectivity index (χ2v) is 8.46. The molecule has 0 saturated heterocycles. The van der Waals surface area contributed by atoms with E-state index in [1.54, 1.807) is 12.1 Å². The van der Waals surface area contributed by atoms with E-state index in [2.05, 4.69) is 4.72 Å². The number of rotatable bonds is 6. The number of halogens is 1. The van der Waals surface area contributed by atoms with Crippen molar-refractivity contribution < 1.29 is 31.9 Å². The number of anilines is 1. The van der Waals surface area contributed by atoms with Gasteiger partial charge in [0.05, 0.1) is 18.8 Å². The summed E-state index contributed by atoms with van der Waals surface area (Å²) in [5, 5.41) is 0. The fourth-order valence-corrected chi connectivity index (χ4v) is 3.30. The van der Waals surface area contributed by atoms with Crippen LogP contribution in [0.5, 0.6) is 11.5 Å². The van der Waals surface area contributed by atoms with Crippen molar-refractivity contribution >= 4 is 28.1 Å². The Balaban J connectivity index is 1.77. The van der Waals surface area contributed by atoms with Gasteiger partial charge < -0.3 is 14.4 Å². The third-order valence-corrected chi connectivity index (χ3v) is 5.40. The van der Waals surface area contributed by atoms with Crippen LogP contribution >= 0.6 is 0 Å². The summed E-state index contributed by atoms with van der Waals surface area (Å²) in [6, 6.07) is 8.82. The minimum Gasteiger partial charge on any atom is -0.410 e. The first-order valence-corrected chi connectivity index (χ1v) is 10.6. The molecule has 166 valence electrons. The van der Waals surface area contributed by atoms with Crippen molar-refractivity contribution in [1.29, 1.82) is 0 Å². The van der Waals surface area contributed by atoms with Crippen LogP contribution in [0.25, 0.3) is 0 Å². The van der Waals surface area contributed by atoms with Crippen LogP contribution < -0.4 is 18.9 Å². The van der Waals surface area contributed by atoms with Gasteiger partial charge in [-0.3, -0.25) is 9.62 Å². The van der Waals surface area contributed by atoms with E-state index in [1.165, 1.54) is 55.2 Å². The molecule has 1 aliphatic heterocycles. The smallest absolute Gasteiger partial charge is 0.410 e. The summed E-state index contributed by atoms with van der Waals surface area (Å²) in [5.41, 5.74) is 0.495. The van der Waals surface area contributed by atoms with Crippen LogP contribution in [0.4, 0.5) is 19.7 Å². The average Bonchev–Trinajstić information content (AvgIpc) is 2.71. The summed E-state index contributed by atoms with van der Waals surface area (Å²) in [5.74, 6) is -0.346. The van der Waals surface area contributed by atoms with Crippen molar-refractivity contribution in [3.05, 3.63) is 53.3 Å². The fourth-order valence-electron chi connectivity index (χ4n) is 2.75. The molecule has 0 atom stereocenters. The number of amides is 2. The first kappa shape index (κ1) is 22.3. The predicted molar refractivity (Wildman–Crippen MR) is 109 cm³/mol. The number of benzene rings is 2. The van der Waals surface area contributed by atoms with E-state index in [-0.39, 0.29) is 35.8 Å². The van der Waals surface area contributed by atoms with Crippen LogP contribution in [-0.2, 0) is 23.3 Å². The molecule has 0 unspecified atom stereocenters. The lowest BCUT2D eigenvalue weighted by atomic mass is 10.1. The normalized spacial score (nSPS) is 13.3. The Morgan fingerprint density at radius 1 is 1.29 bits per heavy atom. The number of ether oxygens (including phenoxy) is 2. The summed E-state index contributed by atoms with van der Waals surface area (Å²) in [7, 11) is 0.371. The Morgan fingerprint density at radius 3 is 2.71 bits per heavy atom. The summed E-state index contributed by atoms with van der Waals surface area (Å²) >= 11 is 0. The Hall–Kier alpha value is -3.38. The number of carbonyl (C=O) groups is 2. The third kappa shape index (κ3) is 5.22.